The summed E-state index contributed by atoms with van der Waals surface area (Å²) in [5.41, 5.74) is 9.93. The first-order valence-corrected chi connectivity index (χ1v) is 7.56. The molecule has 0 unspecified atom stereocenters. The van der Waals surface area contributed by atoms with Crippen molar-refractivity contribution in [3.8, 4) is 11.3 Å². The number of nitrogens with zero attached hydrogens (tertiary/aromatic N) is 2. The Bertz CT molecular complexity index is 702. The first kappa shape index (κ1) is 16.2. The maximum absolute atomic E-state index is 12.5. The number of hydrogen-bond donors (Lipinski definition) is 2. The van der Waals surface area contributed by atoms with Gasteiger partial charge in [-0.25, -0.2) is 4.68 Å². The predicted octanol–water partition coefficient (Wildman–Crippen LogP) is 2.38. The maximum Gasteiger partial charge on any atom is 0.290 e. The standard InChI is InChI=1S/C17H24N4O/c1-11(2)10-21-17(22)16(19-4)12(3)15(20-21)14-7-5-13(9-18)6-8-14/h5-8,11,19H,9-10,18H2,1-4H3. The van der Waals surface area contributed by atoms with E-state index in [4.69, 9.17) is 5.73 Å². The lowest BCUT2D eigenvalue weighted by Crippen LogP contribution is -2.28. The number of nitrogens with two attached hydrogens (primary N) is 1. The molecule has 0 fully saturated rings. The van der Waals surface area contributed by atoms with Crippen molar-refractivity contribution in [1.29, 1.82) is 0 Å². The molecule has 0 saturated carbocycles. The number of aromatic nitrogens is 2. The number of rotatable bonds is 5. The van der Waals surface area contributed by atoms with Crippen molar-refractivity contribution in [2.75, 3.05) is 12.4 Å². The molecule has 0 aliphatic carbocycles. The molecule has 2 rings (SSSR count). The molecular formula is C17H24N4O. The molecule has 0 aliphatic rings. The van der Waals surface area contributed by atoms with E-state index in [-0.39, 0.29) is 5.56 Å². The van der Waals surface area contributed by atoms with Crippen molar-refractivity contribution in [2.45, 2.75) is 33.9 Å². The van der Waals surface area contributed by atoms with Crippen LogP contribution in [0.15, 0.2) is 29.1 Å². The highest BCUT2D eigenvalue weighted by atomic mass is 16.1. The number of hydrogen-bond acceptors (Lipinski definition) is 4. The van der Waals surface area contributed by atoms with Crippen LogP contribution in [0.5, 0.6) is 0 Å². The van der Waals surface area contributed by atoms with Gasteiger partial charge in [-0.05, 0) is 18.4 Å². The predicted molar refractivity (Wildman–Crippen MR) is 90.9 cm³/mol. The fourth-order valence-electron chi connectivity index (χ4n) is 2.49. The quantitative estimate of drug-likeness (QED) is 0.889. The largest absolute Gasteiger partial charge is 0.383 e. The Labute approximate surface area is 131 Å². The third kappa shape index (κ3) is 3.20. The molecule has 0 radical (unpaired) electrons. The SMILES string of the molecule is CNc1c(C)c(-c2ccc(CN)cc2)nn(CC(C)C)c1=O. The Hall–Kier alpha value is -2.14. The molecule has 118 valence electrons. The molecule has 2 aromatic rings. The minimum Gasteiger partial charge on any atom is -0.383 e. The summed E-state index contributed by atoms with van der Waals surface area (Å²) < 4.78 is 1.55. The summed E-state index contributed by atoms with van der Waals surface area (Å²) in [6.45, 7) is 7.18. The minimum atomic E-state index is -0.0731. The Morgan fingerprint density at radius 2 is 1.91 bits per heavy atom. The summed E-state index contributed by atoms with van der Waals surface area (Å²) in [4.78, 5) is 12.5. The molecule has 5 nitrogen and oxygen atoms in total. The molecule has 1 aromatic heterocycles. The first-order chi connectivity index (χ1) is 10.5. The zero-order valence-corrected chi connectivity index (χ0v) is 13.7. The van der Waals surface area contributed by atoms with Crippen LogP contribution in [-0.2, 0) is 13.1 Å². The van der Waals surface area contributed by atoms with Gasteiger partial charge in [0.05, 0.1) is 5.69 Å². The number of anilines is 1. The van der Waals surface area contributed by atoms with Gasteiger partial charge in [-0.3, -0.25) is 4.79 Å². The molecule has 3 N–H and O–H groups in total. The molecule has 0 spiro atoms. The smallest absolute Gasteiger partial charge is 0.290 e. The van der Waals surface area contributed by atoms with E-state index in [9.17, 15) is 4.79 Å². The van der Waals surface area contributed by atoms with Gasteiger partial charge in [-0.2, -0.15) is 5.10 Å². The first-order valence-electron chi connectivity index (χ1n) is 7.56. The van der Waals surface area contributed by atoms with E-state index in [0.29, 0.717) is 24.7 Å². The van der Waals surface area contributed by atoms with Crippen LogP contribution >= 0.6 is 0 Å². The van der Waals surface area contributed by atoms with E-state index in [1.807, 2.05) is 31.2 Å². The fraction of sp³-hybridized carbons (Fsp3) is 0.412. The summed E-state index contributed by atoms with van der Waals surface area (Å²) in [6.07, 6.45) is 0. The van der Waals surface area contributed by atoms with Gasteiger partial charge in [0.15, 0.2) is 0 Å². The minimum absolute atomic E-state index is 0.0731. The van der Waals surface area contributed by atoms with E-state index >= 15 is 0 Å². The highest BCUT2D eigenvalue weighted by molar-refractivity contribution is 5.69. The lowest BCUT2D eigenvalue weighted by Gasteiger charge is -2.15. The second-order valence-electron chi connectivity index (χ2n) is 5.88. The van der Waals surface area contributed by atoms with Gasteiger partial charge >= 0.3 is 0 Å². The molecule has 0 aliphatic heterocycles. The molecule has 0 bridgehead atoms. The molecule has 1 heterocycles. The molecule has 0 saturated heterocycles. The van der Waals surface area contributed by atoms with E-state index < -0.39 is 0 Å². The molecule has 1 aromatic carbocycles. The fourth-order valence-corrected chi connectivity index (χ4v) is 2.49. The van der Waals surface area contributed by atoms with Crippen molar-refractivity contribution in [1.82, 2.24) is 9.78 Å². The van der Waals surface area contributed by atoms with Gasteiger partial charge in [0.25, 0.3) is 5.56 Å². The van der Waals surface area contributed by atoms with E-state index in [1.165, 1.54) is 0 Å². The van der Waals surface area contributed by atoms with E-state index in [1.54, 1.807) is 11.7 Å². The van der Waals surface area contributed by atoms with Crippen LogP contribution in [0.2, 0.25) is 0 Å². The Morgan fingerprint density at radius 3 is 2.41 bits per heavy atom. The Kier molecular flexibility index (Phi) is 4.98. The van der Waals surface area contributed by atoms with Gasteiger partial charge < -0.3 is 11.1 Å². The van der Waals surface area contributed by atoms with Crippen LogP contribution in [-0.4, -0.2) is 16.8 Å². The van der Waals surface area contributed by atoms with Gasteiger partial charge in [0.2, 0.25) is 0 Å². The monoisotopic (exact) mass is 300 g/mol. The summed E-state index contributed by atoms with van der Waals surface area (Å²) in [5.74, 6) is 0.352. The topological polar surface area (TPSA) is 72.9 Å². The molecule has 22 heavy (non-hydrogen) atoms. The molecule has 0 atom stereocenters. The average molecular weight is 300 g/mol. The van der Waals surface area contributed by atoms with Crippen LogP contribution in [0.1, 0.15) is 25.0 Å². The van der Waals surface area contributed by atoms with Crippen molar-refractivity contribution in [3.63, 3.8) is 0 Å². The normalized spacial score (nSPS) is 11.0. The summed E-state index contributed by atoms with van der Waals surface area (Å²) in [6, 6.07) is 7.99. The van der Waals surface area contributed by atoms with Crippen molar-refractivity contribution < 1.29 is 0 Å². The van der Waals surface area contributed by atoms with Crippen molar-refractivity contribution in [3.05, 3.63) is 45.7 Å². The summed E-state index contributed by atoms with van der Waals surface area (Å²) in [5, 5.41) is 7.60. The van der Waals surface area contributed by atoms with E-state index in [2.05, 4.69) is 24.3 Å². The lowest BCUT2D eigenvalue weighted by atomic mass is 10.0. The van der Waals surface area contributed by atoms with Crippen molar-refractivity contribution in [2.24, 2.45) is 11.7 Å². The number of benzene rings is 1. The second kappa shape index (κ2) is 6.75. The van der Waals surface area contributed by atoms with Crippen LogP contribution in [0.4, 0.5) is 5.69 Å². The molecule has 5 heteroatoms. The van der Waals surface area contributed by atoms with Crippen LogP contribution in [0.3, 0.4) is 0 Å². The van der Waals surface area contributed by atoms with Crippen LogP contribution in [0, 0.1) is 12.8 Å². The summed E-state index contributed by atoms with van der Waals surface area (Å²) in [7, 11) is 1.77. The Morgan fingerprint density at radius 1 is 1.27 bits per heavy atom. The van der Waals surface area contributed by atoms with Gasteiger partial charge in [-0.1, -0.05) is 38.1 Å². The van der Waals surface area contributed by atoms with Gasteiger partial charge in [-0.15, -0.1) is 0 Å². The van der Waals surface area contributed by atoms with E-state index in [0.717, 1.165) is 22.4 Å². The maximum atomic E-state index is 12.5. The second-order valence-corrected chi connectivity index (χ2v) is 5.88. The molecule has 0 amide bonds. The highest BCUT2D eigenvalue weighted by Crippen LogP contribution is 2.24. The lowest BCUT2D eigenvalue weighted by molar-refractivity contribution is 0.465. The average Bonchev–Trinajstić information content (AvgIpc) is 2.50. The highest BCUT2D eigenvalue weighted by Gasteiger charge is 2.15. The summed E-state index contributed by atoms with van der Waals surface area (Å²) >= 11 is 0. The third-order valence-corrected chi connectivity index (χ3v) is 3.65. The van der Waals surface area contributed by atoms with Crippen LogP contribution in [0.25, 0.3) is 11.3 Å². The Balaban J connectivity index is 2.60. The number of nitrogens with one attached hydrogen (secondary N) is 1. The van der Waals surface area contributed by atoms with Crippen LogP contribution < -0.4 is 16.6 Å². The molecular weight excluding hydrogens is 276 g/mol. The van der Waals surface area contributed by atoms with Gasteiger partial charge in [0.1, 0.15) is 5.69 Å². The zero-order valence-electron chi connectivity index (χ0n) is 13.7. The third-order valence-electron chi connectivity index (χ3n) is 3.65. The van der Waals surface area contributed by atoms with Crippen molar-refractivity contribution >= 4 is 5.69 Å². The van der Waals surface area contributed by atoms with Gasteiger partial charge in [0, 0.05) is 31.3 Å². The zero-order chi connectivity index (χ0) is 16.3.